The van der Waals surface area contributed by atoms with E-state index in [1.165, 1.54) is 7.11 Å². The zero-order chi connectivity index (χ0) is 21.8. The highest BCUT2D eigenvalue weighted by atomic mass is 16.5. The van der Waals surface area contributed by atoms with Gasteiger partial charge < -0.3 is 24.0 Å². The number of piperazine rings is 1. The van der Waals surface area contributed by atoms with E-state index in [1.807, 2.05) is 24.3 Å². The molecular weight excluding hydrogens is 398 g/mol. The van der Waals surface area contributed by atoms with Crippen molar-refractivity contribution in [3.63, 3.8) is 0 Å². The molecule has 0 unspecified atom stereocenters. The van der Waals surface area contributed by atoms with E-state index in [9.17, 15) is 4.79 Å². The van der Waals surface area contributed by atoms with Gasteiger partial charge in [-0.05, 0) is 24.3 Å². The number of aromatic nitrogens is 2. The third kappa shape index (κ3) is 4.25. The molecule has 1 fully saturated rings. The van der Waals surface area contributed by atoms with Gasteiger partial charge in [0.15, 0.2) is 5.82 Å². The predicted molar refractivity (Wildman–Crippen MR) is 118 cm³/mol. The van der Waals surface area contributed by atoms with Gasteiger partial charge in [0.25, 0.3) is 5.88 Å². The molecule has 1 aromatic heterocycles. The van der Waals surface area contributed by atoms with Gasteiger partial charge >= 0.3 is 6.03 Å². The van der Waals surface area contributed by atoms with Gasteiger partial charge in [0.1, 0.15) is 11.5 Å². The van der Waals surface area contributed by atoms with Crippen LogP contribution in [0.15, 0.2) is 42.5 Å². The number of fused-ring (bicyclic) bond motifs is 1. The summed E-state index contributed by atoms with van der Waals surface area (Å²) in [7, 11) is 4.75. The van der Waals surface area contributed by atoms with E-state index in [0.29, 0.717) is 43.0 Å². The zero-order valence-corrected chi connectivity index (χ0v) is 17.8. The van der Waals surface area contributed by atoms with E-state index in [2.05, 4.69) is 20.2 Å². The molecule has 1 aliphatic heterocycles. The number of hydrogen-bond donors (Lipinski definition) is 1. The number of benzene rings is 2. The summed E-state index contributed by atoms with van der Waals surface area (Å²) < 4.78 is 16.0. The summed E-state index contributed by atoms with van der Waals surface area (Å²) in [6, 6.07) is 13.0. The van der Waals surface area contributed by atoms with Crippen molar-refractivity contribution in [2.45, 2.75) is 0 Å². The summed E-state index contributed by atoms with van der Waals surface area (Å²) in [5.74, 6) is 2.03. The summed E-state index contributed by atoms with van der Waals surface area (Å²) in [6.45, 7) is 2.54. The molecule has 3 aromatic rings. The molecule has 0 aliphatic carbocycles. The van der Waals surface area contributed by atoms with Crippen LogP contribution in [0.1, 0.15) is 0 Å². The van der Waals surface area contributed by atoms with Crippen molar-refractivity contribution in [1.29, 1.82) is 0 Å². The van der Waals surface area contributed by atoms with Gasteiger partial charge in [-0.25, -0.2) is 14.8 Å². The average molecular weight is 423 g/mol. The maximum absolute atomic E-state index is 12.9. The third-order valence-electron chi connectivity index (χ3n) is 5.25. The first-order valence-corrected chi connectivity index (χ1v) is 9.96. The average Bonchev–Trinajstić information content (AvgIpc) is 2.83. The standard InChI is InChI=1S/C22H25N5O4/c1-29-15-8-9-16-17(14-15)23-20(21(24-16)31-3)25-22(28)27-12-10-26(11-13-27)18-6-4-5-7-19(18)30-2/h4-9,14H,10-13H2,1-3H3,(H,23,25,28). The molecule has 162 valence electrons. The Morgan fingerprint density at radius 2 is 1.68 bits per heavy atom. The Morgan fingerprint density at radius 1 is 0.903 bits per heavy atom. The van der Waals surface area contributed by atoms with Crippen molar-refractivity contribution in [3.05, 3.63) is 42.5 Å². The molecule has 1 aliphatic rings. The van der Waals surface area contributed by atoms with Gasteiger partial charge in [0.05, 0.1) is 38.1 Å². The molecule has 4 rings (SSSR count). The molecule has 0 radical (unpaired) electrons. The lowest BCUT2D eigenvalue weighted by Gasteiger charge is -2.36. The number of methoxy groups -OCH3 is 3. The highest BCUT2D eigenvalue weighted by molar-refractivity contribution is 5.91. The molecule has 0 bridgehead atoms. The molecule has 0 saturated carbocycles. The van der Waals surface area contributed by atoms with Crippen LogP contribution in [0.3, 0.4) is 0 Å². The summed E-state index contributed by atoms with van der Waals surface area (Å²) in [4.78, 5) is 25.8. The monoisotopic (exact) mass is 423 g/mol. The first-order chi connectivity index (χ1) is 15.1. The Kier molecular flexibility index (Phi) is 5.92. The fraction of sp³-hybridized carbons (Fsp3) is 0.318. The molecular formula is C22H25N5O4. The van der Waals surface area contributed by atoms with Crippen LogP contribution < -0.4 is 24.4 Å². The highest BCUT2D eigenvalue weighted by Crippen LogP contribution is 2.29. The summed E-state index contributed by atoms with van der Waals surface area (Å²) in [5.41, 5.74) is 2.29. The third-order valence-corrected chi connectivity index (χ3v) is 5.25. The zero-order valence-electron chi connectivity index (χ0n) is 17.8. The van der Waals surface area contributed by atoms with Crippen molar-refractivity contribution in [2.75, 3.05) is 57.7 Å². The number of amides is 2. The van der Waals surface area contributed by atoms with Gasteiger partial charge in [-0.1, -0.05) is 12.1 Å². The molecule has 9 nitrogen and oxygen atoms in total. The fourth-order valence-electron chi connectivity index (χ4n) is 3.59. The lowest BCUT2D eigenvalue weighted by Crippen LogP contribution is -2.50. The predicted octanol–water partition coefficient (Wildman–Crippen LogP) is 3.01. The molecule has 1 N–H and O–H groups in total. The number of nitrogens with one attached hydrogen (secondary N) is 1. The number of hydrogen-bond acceptors (Lipinski definition) is 7. The van der Waals surface area contributed by atoms with Crippen LogP contribution in [-0.4, -0.2) is 68.4 Å². The van der Waals surface area contributed by atoms with Crippen LogP contribution in [0.5, 0.6) is 17.4 Å². The minimum Gasteiger partial charge on any atom is -0.497 e. The minimum atomic E-state index is -0.241. The number of anilines is 2. The molecule has 2 heterocycles. The van der Waals surface area contributed by atoms with Crippen LogP contribution in [0.25, 0.3) is 11.0 Å². The molecule has 2 aromatic carbocycles. The van der Waals surface area contributed by atoms with E-state index in [0.717, 1.165) is 11.4 Å². The Labute approximate surface area is 180 Å². The Balaban J connectivity index is 1.47. The van der Waals surface area contributed by atoms with Gasteiger partial charge in [0, 0.05) is 32.2 Å². The van der Waals surface area contributed by atoms with E-state index in [4.69, 9.17) is 14.2 Å². The van der Waals surface area contributed by atoms with Crippen LogP contribution in [0.4, 0.5) is 16.3 Å². The topological polar surface area (TPSA) is 89.1 Å². The van der Waals surface area contributed by atoms with Crippen LogP contribution in [0.2, 0.25) is 0 Å². The number of urea groups is 1. The van der Waals surface area contributed by atoms with E-state index in [-0.39, 0.29) is 17.7 Å². The largest absolute Gasteiger partial charge is 0.497 e. The Bertz CT molecular complexity index is 1080. The van der Waals surface area contributed by atoms with Gasteiger partial charge in [-0.15, -0.1) is 0 Å². The second kappa shape index (κ2) is 8.95. The van der Waals surface area contributed by atoms with Crippen LogP contribution in [0, 0.1) is 0 Å². The Morgan fingerprint density at radius 3 is 2.39 bits per heavy atom. The highest BCUT2D eigenvalue weighted by Gasteiger charge is 2.24. The smallest absolute Gasteiger partial charge is 0.323 e. The van der Waals surface area contributed by atoms with E-state index < -0.39 is 0 Å². The first kappa shape index (κ1) is 20.5. The number of ether oxygens (including phenoxy) is 3. The number of carbonyl (C=O) groups excluding carboxylic acids is 1. The van der Waals surface area contributed by atoms with Gasteiger partial charge in [-0.2, -0.15) is 0 Å². The Hall–Kier alpha value is -3.75. The fourth-order valence-corrected chi connectivity index (χ4v) is 3.59. The maximum atomic E-state index is 12.9. The second-order valence-corrected chi connectivity index (χ2v) is 7.01. The molecule has 0 spiro atoms. The van der Waals surface area contributed by atoms with Crippen molar-refractivity contribution < 1.29 is 19.0 Å². The number of nitrogens with zero attached hydrogens (tertiary/aromatic N) is 4. The van der Waals surface area contributed by atoms with E-state index in [1.54, 1.807) is 37.3 Å². The van der Waals surface area contributed by atoms with Crippen LogP contribution in [-0.2, 0) is 0 Å². The lowest BCUT2D eigenvalue weighted by molar-refractivity contribution is 0.208. The molecule has 9 heteroatoms. The van der Waals surface area contributed by atoms with Crippen molar-refractivity contribution in [1.82, 2.24) is 14.9 Å². The van der Waals surface area contributed by atoms with Crippen molar-refractivity contribution in [3.8, 4) is 17.4 Å². The summed E-state index contributed by atoms with van der Waals surface area (Å²) in [6.07, 6.45) is 0. The van der Waals surface area contributed by atoms with Gasteiger partial charge in [-0.3, -0.25) is 5.32 Å². The molecule has 31 heavy (non-hydrogen) atoms. The quantitative estimate of drug-likeness (QED) is 0.675. The number of carbonyl (C=O) groups is 1. The minimum absolute atomic E-state index is 0.241. The normalized spacial score (nSPS) is 13.8. The lowest BCUT2D eigenvalue weighted by atomic mass is 10.2. The molecule has 0 atom stereocenters. The van der Waals surface area contributed by atoms with E-state index >= 15 is 0 Å². The molecule has 1 saturated heterocycles. The van der Waals surface area contributed by atoms with Crippen molar-refractivity contribution >= 4 is 28.6 Å². The van der Waals surface area contributed by atoms with Crippen LogP contribution >= 0.6 is 0 Å². The molecule has 2 amide bonds. The SMILES string of the molecule is COc1ccc2nc(OC)c(NC(=O)N3CCN(c4ccccc4OC)CC3)nc2c1. The summed E-state index contributed by atoms with van der Waals surface area (Å²) in [5, 5.41) is 2.84. The van der Waals surface area contributed by atoms with Gasteiger partial charge in [0.2, 0.25) is 0 Å². The van der Waals surface area contributed by atoms with Crippen molar-refractivity contribution in [2.24, 2.45) is 0 Å². The number of para-hydroxylation sites is 2. The number of rotatable bonds is 5. The summed E-state index contributed by atoms with van der Waals surface area (Å²) >= 11 is 0. The first-order valence-electron chi connectivity index (χ1n) is 9.96. The maximum Gasteiger partial charge on any atom is 0.323 e. The second-order valence-electron chi connectivity index (χ2n) is 7.01.